The zero-order chi connectivity index (χ0) is 19.6. The molecule has 1 aliphatic heterocycles. The van der Waals surface area contributed by atoms with E-state index in [0.29, 0.717) is 31.1 Å². The van der Waals surface area contributed by atoms with Gasteiger partial charge in [0.2, 0.25) is 10.0 Å². The van der Waals surface area contributed by atoms with Crippen LogP contribution in [0.1, 0.15) is 11.3 Å². The topological polar surface area (TPSA) is 82.2 Å². The van der Waals surface area contributed by atoms with Gasteiger partial charge in [-0.1, -0.05) is 18.2 Å². The van der Waals surface area contributed by atoms with Gasteiger partial charge in [0.1, 0.15) is 0 Å². The monoisotopic (exact) mass is 433 g/mol. The summed E-state index contributed by atoms with van der Waals surface area (Å²) in [6, 6.07) is 11.0. The third kappa shape index (κ3) is 4.67. The molecule has 29 heavy (non-hydrogen) atoms. The smallest absolute Gasteiger partial charge is 0.243 e. The maximum Gasteiger partial charge on any atom is 0.243 e. The van der Waals surface area contributed by atoms with Gasteiger partial charge in [-0.05, 0) is 36.2 Å². The van der Waals surface area contributed by atoms with Gasteiger partial charge in [0.05, 0.1) is 16.8 Å². The quantitative estimate of drug-likeness (QED) is 0.669. The Morgan fingerprint density at radius 1 is 1.03 bits per heavy atom. The van der Waals surface area contributed by atoms with Crippen LogP contribution in [0.5, 0.6) is 0 Å². The van der Waals surface area contributed by atoms with Gasteiger partial charge < -0.3 is 0 Å². The van der Waals surface area contributed by atoms with Crippen molar-refractivity contribution in [3.63, 3.8) is 0 Å². The van der Waals surface area contributed by atoms with Crippen LogP contribution in [0.4, 0.5) is 0 Å². The molecule has 154 valence electrons. The Kier molecular flexibility index (Phi) is 6.69. The van der Waals surface area contributed by atoms with Crippen LogP contribution in [-0.4, -0.2) is 59.0 Å². The fourth-order valence-corrected chi connectivity index (χ4v) is 4.82. The predicted molar refractivity (Wildman–Crippen MR) is 114 cm³/mol. The number of benzene rings is 1. The number of aryl methyl sites for hydroxylation is 1. The van der Waals surface area contributed by atoms with Gasteiger partial charge in [-0.2, -0.15) is 9.40 Å². The summed E-state index contributed by atoms with van der Waals surface area (Å²) < 4.78 is 27.5. The van der Waals surface area contributed by atoms with E-state index in [1.807, 2.05) is 18.2 Å². The van der Waals surface area contributed by atoms with Gasteiger partial charge in [-0.3, -0.25) is 15.0 Å². The van der Waals surface area contributed by atoms with E-state index < -0.39 is 10.0 Å². The van der Waals surface area contributed by atoms with Gasteiger partial charge in [-0.15, -0.1) is 12.4 Å². The van der Waals surface area contributed by atoms with Crippen LogP contribution in [0.25, 0.3) is 11.1 Å². The van der Waals surface area contributed by atoms with Gasteiger partial charge in [0.15, 0.2) is 0 Å². The van der Waals surface area contributed by atoms with Crippen molar-refractivity contribution >= 4 is 22.4 Å². The second kappa shape index (κ2) is 9.04. The summed E-state index contributed by atoms with van der Waals surface area (Å²) in [6.07, 6.45) is 5.30. The molecule has 0 bridgehead atoms. The highest BCUT2D eigenvalue weighted by Crippen LogP contribution is 2.23. The number of aromatic nitrogens is 3. The minimum Gasteiger partial charge on any atom is -0.295 e. The number of sulfonamides is 1. The summed E-state index contributed by atoms with van der Waals surface area (Å²) >= 11 is 0. The lowest BCUT2D eigenvalue weighted by atomic mass is 10.1. The molecule has 1 aromatic carbocycles. The van der Waals surface area contributed by atoms with E-state index in [4.69, 9.17) is 0 Å². The number of pyridine rings is 1. The number of nitrogens with zero attached hydrogens (tertiary/aromatic N) is 4. The molecule has 1 N–H and O–H groups in total. The molecule has 9 heteroatoms. The Balaban J connectivity index is 0.00000240. The molecule has 3 aromatic rings. The van der Waals surface area contributed by atoms with Gasteiger partial charge in [-0.25, -0.2) is 8.42 Å². The minimum absolute atomic E-state index is 0. The van der Waals surface area contributed by atoms with Crippen molar-refractivity contribution in [2.75, 3.05) is 26.2 Å². The largest absolute Gasteiger partial charge is 0.295 e. The predicted octanol–water partition coefficient (Wildman–Crippen LogP) is 2.71. The van der Waals surface area contributed by atoms with Crippen LogP contribution < -0.4 is 0 Å². The summed E-state index contributed by atoms with van der Waals surface area (Å²) in [4.78, 5) is 7.02. The molecule has 0 unspecified atom stereocenters. The molecule has 0 radical (unpaired) electrons. The number of halogens is 1. The molecule has 1 saturated heterocycles. The first kappa shape index (κ1) is 21.4. The zero-order valence-electron chi connectivity index (χ0n) is 16.2. The van der Waals surface area contributed by atoms with Gasteiger partial charge in [0.25, 0.3) is 0 Å². The summed E-state index contributed by atoms with van der Waals surface area (Å²) in [5, 5.41) is 6.69. The Morgan fingerprint density at radius 2 is 1.76 bits per heavy atom. The van der Waals surface area contributed by atoms with Crippen molar-refractivity contribution in [2.24, 2.45) is 0 Å². The van der Waals surface area contributed by atoms with Crippen molar-refractivity contribution in [3.05, 3.63) is 66.2 Å². The average molecular weight is 434 g/mol. The average Bonchev–Trinajstić information content (AvgIpc) is 3.25. The first-order chi connectivity index (χ1) is 13.5. The van der Waals surface area contributed by atoms with Crippen LogP contribution in [-0.2, 0) is 16.6 Å². The highest BCUT2D eigenvalue weighted by atomic mass is 35.5. The van der Waals surface area contributed by atoms with Crippen molar-refractivity contribution in [1.82, 2.24) is 24.4 Å². The third-order valence-electron chi connectivity index (χ3n) is 5.15. The summed E-state index contributed by atoms with van der Waals surface area (Å²) in [5.74, 6) is 0. The lowest BCUT2D eigenvalue weighted by Crippen LogP contribution is -2.48. The number of rotatable bonds is 5. The normalized spacial score (nSPS) is 15.8. The molecule has 4 rings (SSSR count). The zero-order valence-corrected chi connectivity index (χ0v) is 17.8. The van der Waals surface area contributed by atoms with E-state index in [0.717, 1.165) is 28.9 Å². The number of aromatic amines is 1. The van der Waals surface area contributed by atoms with Crippen LogP contribution in [0.3, 0.4) is 0 Å². The molecule has 0 amide bonds. The molecule has 7 nitrogen and oxygen atoms in total. The molecule has 0 spiro atoms. The number of hydrogen-bond donors (Lipinski definition) is 1. The fourth-order valence-electron chi connectivity index (χ4n) is 3.40. The maximum atomic E-state index is 13.0. The molecular weight excluding hydrogens is 410 g/mol. The van der Waals surface area contributed by atoms with E-state index in [2.05, 4.69) is 33.1 Å². The lowest BCUT2D eigenvalue weighted by Gasteiger charge is -2.34. The maximum absolute atomic E-state index is 13.0. The summed E-state index contributed by atoms with van der Waals surface area (Å²) in [6.45, 7) is 5.16. The van der Waals surface area contributed by atoms with E-state index >= 15 is 0 Å². The van der Waals surface area contributed by atoms with E-state index in [1.165, 1.54) is 0 Å². The number of nitrogens with one attached hydrogen (secondary N) is 1. The molecule has 1 fully saturated rings. The van der Waals surface area contributed by atoms with Crippen LogP contribution >= 0.6 is 12.4 Å². The standard InChI is InChI=1S/C20H23N5O2S.ClH/c1-16-3-2-8-21-20(16)15-24-9-11-25(12-10-24)28(26,27)19-6-4-17(5-7-19)18-13-22-23-14-18;/h2-8,13-14H,9-12,15H2,1H3,(H,22,23);1H. The molecular formula is C20H24ClN5O2S. The Labute approximate surface area is 177 Å². The van der Waals surface area contributed by atoms with Crippen molar-refractivity contribution in [3.8, 4) is 11.1 Å². The molecule has 0 saturated carbocycles. The lowest BCUT2D eigenvalue weighted by molar-refractivity contribution is 0.179. The number of H-pyrrole nitrogens is 1. The van der Waals surface area contributed by atoms with Crippen LogP contribution in [0.15, 0.2) is 59.9 Å². The second-order valence-electron chi connectivity index (χ2n) is 6.96. The molecule has 1 aliphatic rings. The minimum atomic E-state index is -3.48. The van der Waals surface area contributed by atoms with Gasteiger partial charge in [0, 0.05) is 50.7 Å². The fraction of sp³-hybridized carbons (Fsp3) is 0.300. The molecule has 3 heterocycles. The van der Waals surface area contributed by atoms with Crippen molar-refractivity contribution in [2.45, 2.75) is 18.4 Å². The highest BCUT2D eigenvalue weighted by molar-refractivity contribution is 7.89. The number of hydrogen-bond acceptors (Lipinski definition) is 5. The van der Waals surface area contributed by atoms with Crippen LogP contribution in [0.2, 0.25) is 0 Å². The van der Waals surface area contributed by atoms with Crippen molar-refractivity contribution in [1.29, 1.82) is 0 Å². The van der Waals surface area contributed by atoms with E-state index in [9.17, 15) is 8.42 Å². The van der Waals surface area contributed by atoms with E-state index in [-0.39, 0.29) is 12.4 Å². The SMILES string of the molecule is Cc1cccnc1CN1CCN(S(=O)(=O)c2ccc(-c3cn[nH]c3)cc2)CC1.Cl. The Morgan fingerprint density at radius 3 is 2.38 bits per heavy atom. The summed E-state index contributed by atoms with van der Waals surface area (Å²) in [7, 11) is -3.48. The Bertz CT molecular complexity index is 1030. The molecule has 2 aromatic heterocycles. The Hall–Kier alpha value is -2.26. The van der Waals surface area contributed by atoms with Crippen molar-refractivity contribution < 1.29 is 8.42 Å². The first-order valence-corrected chi connectivity index (χ1v) is 10.7. The number of piperazine rings is 1. The molecule has 0 aliphatic carbocycles. The first-order valence-electron chi connectivity index (χ1n) is 9.26. The van der Waals surface area contributed by atoms with Crippen LogP contribution in [0, 0.1) is 6.92 Å². The third-order valence-corrected chi connectivity index (χ3v) is 7.06. The van der Waals surface area contributed by atoms with Gasteiger partial charge >= 0.3 is 0 Å². The van der Waals surface area contributed by atoms with E-state index in [1.54, 1.807) is 35.0 Å². The summed E-state index contributed by atoms with van der Waals surface area (Å²) in [5.41, 5.74) is 4.08. The highest BCUT2D eigenvalue weighted by Gasteiger charge is 2.28. The molecule has 0 atom stereocenters. The second-order valence-corrected chi connectivity index (χ2v) is 8.90.